The maximum absolute atomic E-state index is 10.1. The first-order valence-corrected chi connectivity index (χ1v) is 10.6. The fourth-order valence-corrected chi connectivity index (χ4v) is 4.21. The molecule has 25 heavy (non-hydrogen) atoms. The Morgan fingerprint density at radius 1 is 0.960 bits per heavy atom. The van der Waals surface area contributed by atoms with Crippen molar-refractivity contribution in [3.63, 3.8) is 0 Å². The molecule has 2 atom stereocenters. The Morgan fingerprint density at radius 2 is 1.56 bits per heavy atom. The van der Waals surface area contributed by atoms with E-state index in [1.807, 2.05) is 14.0 Å². The maximum Gasteiger partial charge on any atom is 0.0540 e. The lowest BCUT2D eigenvalue weighted by Crippen LogP contribution is -2.18. The second-order valence-electron chi connectivity index (χ2n) is 9.50. The molecular formula is C22H44O3. The standard InChI is InChI=1S/C22H44O3/c1-19(23)17-21(2,3)13-9-5-7-11-20(24)12-8-6-10-14-22(15-16-22)18-25-4/h19-20,23-24H,5-18H2,1-4H3. The van der Waals surface area contributed by atoms with Crippen LogP contribution < -0.4 is 0 Å². The van der Waals surface area contributed by atoms with E-state index in [4.69, 9.17) is 4.74 Å². The molecule has 0 radical (unpaired) electrons. The van der Waals surface area contributed by atoms with E-state index < -0.39 is 0 Å². The van der Waals surface area contributed by atoms with Crippen molar-refractivity contribution in [1.82, 2.24) is 0 Å². The number of ether oxygens (including phenoxy) is 1. The fourth-order valence-electron chi connectivity index (χ4n) is 4.21. The van der Waals surface area contributed by atoms with Crippen LogP contribution in [0, 0.1) is 10.8 Å². The van der Waals surface area contributed by atoms with Crippen LogP contribution >= 0.6 is 0 Å². The van der Waals surface area contributed by atoms with Crippen molar-refractivity contribution in [1.29, 1.82) is 0 Å². The van der Waals surface area contributed by atoms with E-state index in [-0.39, 0.29) is 17.6 Å². The summed E-state index contributed by atoms with van der Waals surface area (Å²) in [5, 5.41) is 19.6. The molecular weight excluding hydrogens is 312 g/mol. The Hall–Kier alpha value is -0.120. The average molecular weight is 357 g/mol. The van der Waals surface area contributed by atoms with Crippen molar-refractivity contribution in [2.24, 2.45) is 10.8 Å². The number of unbranched alkanes of at least 4 members (excludes halogenated alkanes) is 4. The van der Waals surface area contributed by atoms with E-state index in [0.717, 1.165) is 45.1 Å². The minimum Gasteiger partial charge on any atom is -0.393 e. The molecule has 0 aromatic carbocycles. The third-order valence-corrected chi connectivity index (χ3v) is 5.89. The highest BCUT2D eigenvalue weighted by atomic mass is 16.5. The SMILES string of the molecule is COCC1(CCCCCC(O)CCCCCC(C)(C)CC(C)O)CC1. The zero-order chi connectivity index (χ0) is 18.8. The second-order valence-corrected chi connectivity index (χ2v) is 9.50. The molecule has 0 aliphatic heterocycles. The number of aliphatic hydroxyl groups excluding tert-OH is 2. The van der Waals surface area contributed by atoms with Crippen LogP contribution in [0.2, 0.25) is 0 Å². The normalized spacial score (nSPS) is 19.0. The predicted molar refractivity (Wildman–Crippen MR) is 106 cm³/mol. The highest BCUT2D eigenvalue weighted by molar-refractivity contribution is 4.92. The van der Waals surface area contributed by atoms with Crippen molar-refractivity contribution in [3.8, 4) is 0 Å². The summed E-state index contributed by atoms with van der Waals surface area (Å²) in [5.74, 6) is 0. The van der Waals surface area contributed by atoms with Gasteiger partial charge in [-0.1, -0.05) is 52.4 Å². The van der Waals surface area contributed by atoms with Gasteiger partial charge in [0.2, 0.25) is 0 Å². The van der Waals surface area contributed by atoms with E-state index >= 15 is 0 Å². The van der Waals surface area contributed by atoms with Crippen LogP contribution in [0.25, 0.3) is 0 Å². The smallest absolute Gasteiger partial charge is 0.0540 e. The number of hydrogen-bond acceptors (Lipinski definition) is 3. The van der Waals surface area contributed by atoms with Gasteiger partial charge in [-0.25, -0.2) is 0 Å². The summed E-state index contributed by atoms with van der Waals surface area (Å²) >= 11 is 0. The fraction of sp³-hybridized carbons (Fsp3) is 1.00. The number of hydrogen-bond donors (Lipinski definition) is 2. The van der Waals surface area contributed by atoms with Crippen LogP contribution in [-0.2, 0) is 4.74 Å². The Morgan fingerprint density at radius 3 is 2.08 bits per heavy atom. The Kier molecular flexibility index (Phi) is 10.6. The minimum atomic E-state index is -0.207. The molecule has 0 heterocycles. The average Bonchev–Trinajstić information content (AvgIpc) is 3.25. The third-order valence-electron chi connectivity index (χ3n) is 5.89. The summed E-state index contributed by atoms with van der Waals surface area (Å²) in [6.45, 7) is 7.30. The van der Waals surface area contributed by atoms with Gasteiger partial charge in [-0.3, -0.25) is 0 Å². The molecule has 0 amide bonds. The molecule has 2 N–H and O–H groups in total. The molecule has 0 saturated heterocycles. The van der Waals surface area contributed by atoms with Crippen LogP contribution in [0.15, 0.2) is 0 Å². The van der Waals surface area contributed by atoms with Crippen LogP contribution in [0.4, 0.5) is 0 Å². The first kappa shape index (κ1) is 22.9. The lowest BCUT2D eigenvalue weighted by molar-refractivity contribution is 0.121. The monoisotopic (exact) mass is 356 g/mol. The van der Waals surface area contributed by atoms with E-state index in [1.165, 1.54) is 44.9 Å². The molecule has 3 nitrogen and oxygen atoms in total. The Bertz CT molecular complexity index is 334. The number of methoxy groups -OCH3 is 1. The molecule has 1 saturated carbocycles. The zero-order valence-electron chi connectivity index (χ0n) is 17.4. The van der Waals surface area contributed by atoms with Crippen molar-refractivity contribution in [3.05, 3.63) is 0 Å². The maximum atomic E-state index is 10.1. The lowest BCUT2D eigenvalue weighted by atomic mass is 9.82. The molecule has 1 aliphatic carbocycles. The predicted octanol–water partition coefficient (Wildman–Crippen LogP) is 5.47. The van der Waals surface area contributed by atoms with E-state index in [2.05, 4.69) is 13.8 Å². The quantitative estimate of drug-likeness (QED) is 0.360. The molecule has 0 spiro atoms. The first-order chi connectivity index (χ1) is 11.8. The number of rotatable bonds is 16. The topological polar surface area (TPSA) is 49.7 Å². The Labute approximate surface area is 156 Å². The summed E-state index contributed by atoms with van der Waals surface area (Å²) < 4.78 is 5.32. The molecule has 0 bridgehead atoms. The zero-order valence-corrected chi connectivity index (χ0v) is 17.4. The van der Waals surface area contributed by atoms with Gasteiger partial charge in [-0.2, -0.15) is 0 Å². The van der Waals surface area contributed by atoms with Crippen molar-refractivity contribution in [2.45, 2.75) is 116 Å². The summed E-state index contributed by atoms with van der Waals surface area (Å²) in [4.78, 5) is 0. The first-order valence-electron chi connectivity index (χ1n) is 10.6. The highest BCUT2D eigenvalue weighted by Gasteiger charge is 2.41. The number of aliphatic hydroxyl groups is 2. The van der Waals surface area contributed by atoms with Gasteiger partial charge in [-0.05, 0) is 62.7 Å². The molecule has 1 aliphatic rings. The van der Waals surface area contributed by atoms with Gasteiger partial charge >= 0.3 is 0 Å². The van der Waals surface area contributed by atoms with Crippen molar-refractivity contribution >= 4 is 0 Å². The molecule has 1 fully saturated rings. The van der Waals surface area contributed by atoms with E-state index in [1.54, 1.807) is 0 Å². The van der Waals surface area contributed by atoms with Gasteiger partial charge < -0.3 is 14.9 Å². The van der Waals surface area contributed by atoms with Gasteiger partial charge in [0.15, 0.2) is 0 Å². The summed E-state index contributed by atoms with van der Waals surface area (Å²) in [7, 11) is 1.81. The molecule has 0 aromatic heterocycles. The van der Waals surface area contributed by atoms with Crippen LogP contribution in [0.5, 0.6) is 0 Å². The molecule has 1 rings (SSSR count). The summed E-state index contributed by atoms with van der Waals surface area (Å²) in [5.41, 5.74) is 0.753. The molecule has 2 unspecified atom stereocenters. The van der Waals surface area contributed by atoms with Gasteiger partial charge in [0, 0.05) is 7.11 Å². The highest BCUT2D eigenvalue weighted by Crippen LogP contribution is 2.50. The third kappa shape index (κ3) is 11.2. The second kappa shape index (κ2) is 11.6. The van der Waals surface area contributed by atoms with E-state index in [0.29, 0.717) is 5.41 Å². The van der Waals surface area contributed by atoms with Crippen molar-refractivity contribution < 1.29 is 14.9 Å². The van der Waals surface area contributed by atoms with Crippen LogP contribution in [0.1, 0.15) is 104 Å². The van der Waals surface area contributed by atoms with Crippen LogP contribution in [0.3, 0.4) is 0 Å². The van der Waals surface area contributed by atoms with Gasteiger partial charge in [0.25, 0.3) is 0 Å². The summed E-state index contributed by atoms with van der Waals surface area (Å²) in [6, 6.07) is 0. The molecule has 0 aromatic rings. The Balaban J connectivity index is 1.93. The van der Waals surface area contributed by atoms with Gasteiger partial charge in [-0.15, -0.1) is 0 Å². The van der Waals surface area contributed by atoms with Gasteiger partial charge in [0.05, 0.1) is 18.8 Å². The molecule has 150 valence electrons. The minimum absolute atomic E-state index is 0.112. The van der Waals surface area contributed by atoms with Gasteiger partial charge in [0.1, 0.15) is 0 Å². The molecule has 3 heteroatoms. The summed E-state index contributed by atoms with van der Waals surface area (Å²) in [6.07, 6.45) is 14.8. The van der Waals surface area contributed by atoms with Crippen molar-refractivity contribution in [2.75, 3.05) is 13.7 Å². The van der Waals surface area contributed by atoms with E-state index in [9.17, 15) is 10.2 Å². The largest absolute Gasteiger partial charge is 0.393 e. The van der Waals surface area contributed by atoms with Crippen LogP contribution in [-0.4, -0.2) is 36.1 Å². The lowest BCUT2D eigenvalue weighted by Gasteiger charge is -2.26.